The average molecular weight is 295 g/mol. The van der Waals surface area contributed by atoms with E-state index in [1.54, 1.807) is 0 Å². The number of aromatic amines is 1. The highest BCUT2D eigenvalue weighted by atomic mass is 79.9. The van der Waals surface area contributed by atoms with Crippen LogP contribution in [-0.4, -0.2) is 16.1 Å². The quantitative estimate of drug-likeness (QED) is 0.795. The van der Waals surface area contributed by atoms with Crippen molar-refractivity contribution in [1.29, 1.82) is 0 Å². The number of nitrogens with two attached hydrogens (primary N) is 1. The van der Waals surface area contributed by atoms with Crippen LogP contribution < -0.4 is 11.1 Å². The number of hydrogen-bond acceptors (Lipinski definition) is 3. The summed E-state index contributed by atoms with van der Waals surface area (Å²) in [6.45, 7) is 1.98. The zero-order chi connectivity index (χ0) is 12.4. The van der Waals surface area contributed by atoms with Gasteiger partial charge in [-0.05, 0) is 40.5 Å². The van der Waals surface area contributed by atoms with E-state index >= 15 is 0 Å². The highest BCUT2D eigenvalue weighted by molar-refractivity contribution is 9.10. The Morgan fingerprint density at radius 3 is 2.88 bits per heavy atom. The molecule has 6 heteroatoms. The second kappa shape index (κ2) is 4.58. The number of halogens is 1. The molecule has 88 valence electrons. The third-order valence-electron chi connectivity index (χ3n) is 2.27. The second-order valence-electron chi connectivity index (χ2n) is 3.64. The van der Waals surface area contributed by atoms with Crippen molar-refractivity contribution in [1.82, 2.24) is 10.2 Å². The summed E-state index contributed by atoms with van der Waals surface area (Å²) in [6, 6.07) is 5.66. The predicted octanol–water partition coefficient (Wildman–Crippen LogP) is 2.32. The lowest BCUT2D eigenvalue weighted by molar-refractivity contribution is 0.102. The fourth-order valence-corrected chi connectivity index (χ4v) is 1.98. The molecule has 5 nitrogen and oxygen atoms in total. The molecule has 1 aromatic heterocycles. The standard InChI is InChI=1S/C11H11BrN4O/c1-6-2-3-9(7(12)4-6)15-11(17)10-8(13)5-14-16-10/h2-5H,13H2,1H3,(H,14,16)(H,15,17). The van der Waals surface area contributed by atoms with Crippen LogP contribution in [0.2, 0.25) is 0 Å². The molecular weight excluding hydrogens is 284 g/mol. The number of carbonyl (C=O) groups is 1. The SMILES string of the molecule is Cc1ccc(NC(=O)c2[nH]ncc2N)c(Br)c1. The van der Waals surface area contributed by atoms with Crippen molar-refractivity contribution in [3.8, 4) is 0 Å². The van der Waals surface area contributed by atoms with Gasteiger partial charge < -0.3 is 11.1 Å². The van der Waals surface area contributed by atoms with Crippen LogP contribution in [0.25, 0.3) is 0 Å². The Bertz CT molecular complexity index is 564. The molecule has 1 aromatic carbocycles. The summed E-state index contributed by atoms with van der Waals surface area (Å²) in [5.74, 6) is -0.315. The third-order valence-corrected chi connectivity index (χ3v) is 2.92. The number of nitrogen functional groups attached to an aromatic ring is 1. The summed E-state index contributed by atoms with van der Waals surface area (Å²) in [4.78, 5) is 11.8. The Morgan fingerprint density at radius 2 is 2.29 bits per heavy atom. The topological polar surface area (TPSA) is 83.8 Å². The van der Waals surface area contributed by atoms with Crippen molar-refractivity contribution >= 4 is 33.2 Å². The first kappa shape index (κ1) is 11.7. The van der Waals surface area contributed by atoms with Crippen molar-refractivity contribution < 1.29 is 4.79 Å². The van der Waals surface area contributed by atoms with Gasteiger partial charge in [-0.15, -0.1) is 0 Å². The zero-order valence-electron chi connectivity index (χ0n) is 9.12. The van der Waals surface area contributed by atoms with Crippen LogP contribution in [0.4, 0.5) is 11.4 Å². The Balaban J connectivity index is 2.22. The van der Waals surface area contributed by atoms with Crippen LogP contribution in [0.3, 0.4) is 0 Å². The Morgan fingerprint density at radius 1 is 1.53 bits per heavy atom. The molecule has 1 amide bonds. The Labute approximate surface area is 107 Å². The maximum atomic E-state index is 11.8. The first-order chi connectivity index (χ1) is 8.08. The molecule has 0 atom stereocenters. The fourth-order valence-electron chi connectivity index (χ4n) is 1.38. The van der Waals surface area contributed by atoms with Crippen LogP contribution in [0.5, 0.6) is 0 Å². The number of anilines is 2. The number of aromatic nitrogens is 2. The van der Waals surface area contributed by atoms with E-state index in [9.17, 15) is 4.79 Å². The van der Waals surface area contributed by atoms with Gasteiger partial charge in [0.25, 0.3) is 5.91 Å². The number of hydrogen-bond donors (Lipinski definition) is 3. The van der Waals surface area contributed by atoms with Gasteiger partial charge >= 0.3 is 0 Å². The number of H-pyrrole nitrogens is 1. The molecule has 0 fully saturated rings. The minimum Gasteiger partial charge on any atom is -0.396 e. The number of nitrogens with one attached hydrogen (secondary N) is 2. The molecule has 0 saturated carbocycles. The molecule has 0 unspecified atom stereocenters. The first-order valence-corrected chi connectivity index (χ1v) is 5.73. The van der Waals surface area contributed by atoms with E-state index in [-0.39, 0.29) is 11.6 Å². The van der Waals surface area contributed by atoms with Gasteiger partial charge in [-0.1, -0.05) is 6.07 Å². The smallest absolute Gasteiger partial charge is 0.275 e. The van der Waals surface area contributed by atoms with Crippen LogP contribution in [0, 0.1) is 6.92 Å². The molecule has 0 aliphatic rings. The number of amides is 1. The average Bonchev–Trinajstić information content (AvgIpc) is 2.68. The second-order valence-corrected chi connectivity index (χ2v) is 4.49. The van der Waals surface area contributed by atoms with Gasteiger partial charge in [0.2, 0.25) is 0 Å². The number of carbonyl (C=O) groups excluding carboxylic acids is 1. The molecule has 0 bridgehead atoms. The minimum atomic E-state index is -0.315. The van der Waals surface area contributed by atoms with Gasteiger partial charge in [-0.2, -0.15) is 5.10 Å². The third kappa shape index (κ3) is 2.47. The van der Waals surface area contributed by atoms with E-state index < -0.39 is 0 Å². The number of benzene rings is 1. The summed E-state index contributed by atoms with van der Waals surface area (Å²) < 4.78 is 0.823. The molecule has 2 aromatic rings. The summed E-state index contributed by atoms with van der Waals surface area (Å²) >= 11 is 3.39. The lowest BCUT2D eigenvalue weighted by Gasteiger charge is -2.07. The van der Waals surface area contributed by atoms with E-state index in [0.29, 0.717) is 11.4 Å². The van der Waals surface area contributed by atoms with Gasteiger partial charge in [0.05, 0.1) is 17.6 Å². The highest BCUT2D eigenvalue weighted by Crippen LogP contribution is 2.24. The van der Waals surface area contributed by atoms with Gasteiger partial charge in [-0.3, -0.25) is 9.89 Å². The van der Waals surface area contributed by atoms with E-state index in [1.807, 2.05) is 25.1 Å². The normalized spacial score (nSPS) is 10.2. The van der Waals surface area contributed by atoms with E-state index in [1.165, 1.54) is 6.20 Å². The summed E-state index contributed by atoms with van der Waals surface area (Å²) in [5.41, 5.74) is 7.97. The molecule has 17 heavy (non-hydrogen) atoms. The molecule has 2 rings (SSSR count). The molecule has 0 aliphatic heterocycles. The van der Waals surface area contributed by atoms with Gasteiger partial charge in [0.1, 0.15) is 5.69 Å². The zero-order valence-corrected chi connectivity index (χ0v) is 10.7. The highest BCUT2D eigenvalue weighted by Gasteiger charge is 2.12. The van der Waals surface area contributed by atoms with Crippen LogP contribution >= 0.6 is 15.9 Å². The molecule has 0 aliphatic carbocycles. The molecule has 4 N–H and O–H groups in total. The fraction of sp³-hybridized carbons (Fsp3) is 0.0909. The molecule has 0 saturated heterocycles. The lowest BCUT2D eigenvalue weighted by atomic mass is 10.2. The van der Waals surface area contributed by atoms with Crippen molar-refractivity contribution in [2.24, 2.45) is 0 Å². The lowest BCUT2D eigenvalue weighted by Crippen LogP contribution is -2.14. The summed E-state index contributed by atoms with van der Waals surface area (Å²) in [7, 11) is 0. The first-order valence-electron chi connectivity index (χ1n) is 4.94. The van der Waals surface area contributed by atoms with Crippen molar-refractivity contribution in [2.45, 2.75) is 6.92 Å². The molecule has 0 radical (unpaired) electrons. The number of aryl methyl sites for hydroxylation is 1. The van der Waals surface area contributed by atoms with Crippen LogP contribution in [-0.2, 0) is 0 Å². The summed E-state index contributed by atoms with van der Waals surface area (Å²) in [6.07, 6.45) is 1.40. The van der Waals surface area contributed by atoms with Crippen LogP contribution in [0.1, 0.15) is 16.1 Å². The van der Waals surface area contributed by atoms with Gasteiger partial charge in [-0.25, -0.2) is 0 Å². The molecular formula is C11H11BrN4O. The van der Waals surface area contributed by atoms with Crippen molar-refractivity contribution in [3.63, 3.8) is 0 Å². The van der Waals surface area contributed by atoms with Crippen molar-refractivity contribution in [2.75, 3.05) is 11.1 Å². The van der Waals surface area contributed by atoms with E-state index in [0.717, 1.165) is 10.0 Å². The van der Waals surface area contributed by atoms with Crippen molar-refractivity contribution in [3.05, 3.63) is 40.1 Å². The molecule has 0 spiro atoms. The Hall–Kier alpha value is -1.82. The number of nitrogens with zero attached hydrogens (tertiary/aromatic N) is 1. The monoisotopic (exact) mass is 294 g/mol. The largest absolute Gasteiger partial charge is 0.396 e. The molecule has 1 heterocycles. The van der Waals surface area contributed by atoms with Gasteiger partial charge in [0, 0.05) is 4.47 Å². The maximum Gasteiger partial charge on any atom is 0.275 e. The predicted molar refractivity (Wildman–Crippen MR) is 69.8 cm³/mol. The summed E-state index contributed by atoms with van der Waals surface area (Å²) in [5, 5.41) is 9.00. The van der Waals surface area contributed by atoms with E-state index in [4.69, 9.17) is 5.73 Å². The Kier molecular flexibility index (Phi) is 3.14. The minimum absolute atomic E-state index is 0.262. The maximum absolute atomic E-state index is 11.8. The van der Waals surface area contributed by atoms with Gasteiger partial charge in [0.15, 0.2) is 0 Å². The number of rotatable bonds is 2. The van der Waals surface area contributed by atoms with Crippen LogP contribution in [0.15, 0.2) is 28.9 Å². The van der Waals surface area contributed by atoms with E-state index in [2.05, 4.69) is 31.4 Å².